The number of nitrogens with zero attached hydrogens (tertiary/aromatic N) is 2. The van der Waals surface area contributed by atoms with Gasteiger partial charge in [-0.05, 0) is 94.5 Å². The molecule has 0 radical (unpaired) electrons. The smallest absolute Gasteiger partial charge is 0.140 e. The van der Waals surface area contributed by atoms with Crippen LogP contribution in [0.5, 0.6) is 0 Å². The van der Waals surface area contributed by atoms with Crippen molar-refractivity contribution in [3.8, 4) is 11.1 Å². The third-order valence-corrected chi connectivity index (χ3v) is 11.7. The molecule has 1 aliphatic heterocycles. The van der Waals surface area contributed by atoms with Crippen LogP contribution in [-0.2, 0) is 5.41 Å². The largest absolute Gasteiger partial charge is 0.456 e. The summed E-state index contributed by atoms with van der Waals surface area (Å²) in [7, 11) is 0. The lowest BCUT2D eigenvalue weighted by Crippen LogP contribution is -2.37. The molecule has 0 unspecified atom stereocenters. The second kappa shape index (κ2) is 13.8. The summed E-state index contributed by atoms with van der Waals surface area (Å²) in [6.07, 6.45) is 0. The zero-order valence-electron chi connectivity index (χ0n) is 31.7. The van der Waals surface area contributed by atoms with Crippen LogP contribution in [0, 0.1) is 0 Å². The standard InChI is InChI=1S/C55H38N2O/c1-4-17-39(18-5-1)40-31-33-43(34-32-40)56(42-21-8-3-9-22-42)44-35-37-45(38-36-44)57-51-28-13-11-25-48(51)55(41-19-6-2-7-20-41,49-26-12-14-29-52(49)57)50-27-16-24-47-46-23-10-15-30-53(46)58-54(47)50/h1-38H. The van der Waals surface area contributed by atoms with Gasteiger partial charge >= 0.3 is 0 Å². The third kappa shape index (κ3) is 5.28. The molecule has 0 atom stereocenters. The topological polar surface area (TPSA) is 19.6 Å². The predicted molar refractivity (Wildman–Crippen MR) is 240 cm³/mol. The minimum atomic E-state index is -0.672. The van der Waals surface area contributed by atoms with Gasteiger partial charge < -0.3 is 14.2 Å². The lowest BCUT2D eigenvalue weighted by Gasteiger charge is -2.46. The number of benzene rings is 9. The first kappa shape index (κ1) is 33.7. The summed E-state index contributed by atoms with van der Waals surface area (Å²) in [5.74, 6) is 0. The first-order valence-corrected chi connectivity index (χ1v) is 19.9. The van der Waals surface area contributed by atoms with Crippen LogP contribution in [0.1, 0.15) is 22.3 Å². The number of para-hydroxylation sites is 5. The van der Waals surface area contributed by atoms with E-state index in [0.29, 0.717) is 0 Å². The van der Waals surface area contributed by atoms with E-state index in [1.54, 1.807) is 0 Å². The average molecular weight is 743 g/mol. The molecule has 3 nitrogen and oxygen atoms in total. The van der Waals surface area contributed by atoms with Crippen molar-refractivity contribution in [3.05, 3.63) is 253 Å². The third-order valence-electron chi connectivity index (χ3n) is 11.7. The molecule has 3 heteroatoms. The number of fused-ring (bicyclic) bond motifs is 5. The molecular weight excluding hydrogens is 705 g/mol. The average Bonchev–Trinajstić information content (AvgIpc) is 3.69. The fourth-order valence-electron chi connectivity index (χ4n) is 9.22. The maximum atomic E-state index is 6.84. The number of rotatable bonds is 7. The number of hydrogen-bond acceptors (Lipinski definition) is 3. The molecule has 1 aliphatic rings. The van der Waals surface area contributed by atoms with Gasteiger partial charge in [-0.3, -0.25) is 0 Å². The highest BCUT2D eigenvalue weighted by Gasteiger charge is 2.47. The SMILES string of the molecule is c1ccc(-c2ccc(N(c3ccccc3)c3ccc(N4c5ccccc5C(c5ccccc5)(c5cccc6c5oc5ccccc56)c5ccccc54)cc3)cc2)cc1. The van der Waals surface area contributed by atoms with E-state index in [1.165, 1.54) is 27.8 Å². The maximum absolute atomic E-state index is 6.84. The monoisotopic (exact) mass is 742 g/mol. The van der Waals surface area contributed by atoms with Crippen LogP contribution >= 0.6 is 0 Å². The predicted octanol–water partition coefficient (Wildman–Crippen LogP) is 14.9. The Labute approximate surface area is 338 Å². The summed E-state index contributed by atoms with van der Waals surface area (Å²) in [6, 6.07) is 82.7. The Balaban J connectivity index is 1.08. The number of anilines is 6. The van der Waals surface area contributed by atoms with Crippen LogP contribution in [0.25, 0.3) is 33.1 Å². The van der Waals surface area contributed by atoms with Gasteiger partial charge in [0.2, 0.25) is 0 Å². The van der Waals surface area contributed by atoms with Crippen molar-refractivity contribution in [3.63, 3.8) is 0 Å². The van der Waals surface area contributed by atoms with Crippen molar-refractivity contribution >= 4 is 56.1 Å². The van der Waals surface area contributed by atoms with E-state index in [2.05, 4.69) is 234 Å². The Morgan fingerprint density at radius 2 is 0.845 bits per heavy atom. The van der Waals surface area contributed by atoms with Gasteiger partial charge in [0.05, 0.1) is 16.8 Å². The van der Waals surface area contributed by atoms with E-state index in [9.17, 15) is 0 Å². The summed E-state index contributed by atoms with van der Waals surface area (Å²) in [6.45, 7) is 0. The van der Waals surface area contributed by atoms with Gasteiger partial charge in [0, 0.05) is 39.1 Å². The van der Waals surface area contributed by atoms with Crippen molar-refractivity contribution < 1.29 is 4.42 Å². The van der Waals surface area contributed by atoms with Gasteiger partial charge in [0.15, 0.2) is 0 Å². The summed E-state index contributed by atoms with van der Waals surface area (Å²) in [5, 5.41) is 2.24. The molecule has 274 valence electrons. The highest BCUT2D eigenvalue weighted by atomic mass is 16.3. The summed E-state index contributed by atoms with van der Waals surface area (Å²) in [4.78, 5) is 4.75. The zero-order valence-corrected chi connectivity index (χ0v) is 31.7. The maximum Gasteiger partial charge on any atom is 0.140 e. The normalized spacial score (nSPS) is 12.9. The number of furan rings is 1. The van der Waals surface area contributed by atoms with Gasteiger partial charge in [-0.15, -0.1) is 0 Å². The molecule has 0 N–H and O–H groups in total. The second-order valence-electron chi connectivity index (χ2n) is 14.9. The van der Waals surface area contributed by atoms with Crippen LogP contribution in [0.3, 0.4) is 0 Å². The van der Waals surface area contributed by atoms with Crippen LogP contribution in [-0.4, -0.2) is 0 Å². The molecule has 0 amide bonds. The lowest BCUT2D eigenvalue weighted by molar-refractivity contribution is 0.643. The Hall–Kier alpha value is -7.62. The quantitative estimate of drug-likeness (QED) is 0.162. The van der Waals surface area contributed by atoms with Crippen molar-refractivity contribution in [2.75, 3.05) is 9.80 Å². The van der Waals surface area contributed by atoms with Gasteiger partial charge in [-0.2, -0.15) is 0 Å². The second-order valence-corrected chi connectivity index (χ2v) is 14.9. The molecule has 0 fully saturated rings. The van der Waals surface area contributed by atoms with Crippen molar-refractivity contribution in [2.45, 2.75) is 5.41 Å². The van der Waals surface area contributed by atoms with Crippen molar-refractivity contribution in [2.24, 2.45) is 0 Å². The molecule has 0 aliphatic carbocycles. The fraction of sp³-hybridized carbons (Fsp3) is 0.0182. The van der Waals surface area contributed by atoms with E-state index >= 15 is 0 Å². The molecule has 2 heterocycles. The molecule has 11 rings (SSSR count). The lowest BCUT2D eigenvalue weighted by atomic mass is 9.62. The van der Waals surface area contributed by atoms with Gasteiger partial charge in [0.25, 0.3) is 0 Å². The molecule has 58 heavy (non-hydrogen) atoms. The number of hydrogen-bond donors (Lipinski definition) is 0. The Morgan fingerprint density at radius 1 is 0.362 bits per heavy atom. The van der Waals surface area contributed by atoms with Gasteiger partial charge in [0.1, 0.15) is 11.2 Å². The molecule has 0 spiro atoms. The van der Waals surface area contributed by atoms with Gasteiger partial charge in [-0.25, -0.2) is 0 Å². The molecule has 0 saturated heterocycles. The fourth-order valence-corrected chi connectivity index (χ4v) is 9.22. The van der Waals surface area contributed by atoms with Crippen molar-refractivity contribution in [1.82, 2.24) is 0 Å². The van der Waals surface area contributed by atoms with E-state index in [4.69, 9.17) is 4.42 Å². The Bertz CT molecular complexity index is 3000. The molecular formula is C55H38N2O. The molecule has 1 aromatic heterocycles. The molecule has 0 bridgehead atoms. The van der Waals surface area contributed by atoms with Gasteiger partial charge in [-0.1, -0.05) is 164 Å². The Kier molecular flexibility index (Phi) is 8.04. The highest BCUT2D eigenvalue weighted by Crippen LogP contribution is 2.59. The van der Waals surface area contributed by atoms with Crippen LogP contribution in [0.4, 0.5) is 34.1 Å². The highest BCUT2D eigenvalue weighted by molar-refractivity contribution is 6.07. The minimum absolute atomic E-state index is 0.672. The van der Waals surface area contributed by atoms with E-state index in [-0.39, 0.29) is 0 Å². The summed E-state index contributed by atoms with van der Waals surface area (Å²) >= 11 is 0. The van der Waals surface area contributed by atoms with E-state index in [1.807, 2.05) is 6.07 Å². The molecule has 9 aromatic carbocycles. The van der Waals surface area contributed by atoms with E-state index in [0.717, 1.165) is 61.6 Å². The zero-order chi connectivity index (χ0) is 38.5. The Morgan fingerprint density at radius 3 is 1.52 bits per heavy atom. The van der Waals surface area contributed by atoms with Crippen LogP contribution in [0.2, 0.25) is 0 Å². The van der Waals surface area contributed by atoms with E-state index < -0.39 is 5.41 Å². The first-order valence-electron chi connectivity index (χ1n) is 19.9. The van der Waals surface area contributed by atoms with Crippen molar-refractivity contribution in [1.29, 1.82) is 0 Å². The summed E-state index contributed by atoms with van der Waals surface area (Å²) < 4.78 is 6.84. The minimum Gasteiger partial charge on any atom is -0.456 e. The molecule has 0 saturated carbocycles. The van der Waals surface area contributed by atoms with Crippen LogP contribution < -0.4 is 9.80 Å². The van der Waals surface area contributed by atoms with Crippen LogP contribution in [0.15, 0.2) is 235 Å². The first-order chi connectivity index (χ1) is 28.8. The molecule has 10 aromatic rings. The summed E-state index contributed by atoms with van der Waals surface area (Å²) in [5.41, 5.74) is 14.8.